The molecule has 2 rings (SSSR count). The van der Waals surface area contributed by atoms with Gasteiger partial charge in [-0.1, -0.05) is 42.0 Å². The molecule has 2 aromatic rings. The maximum absolute atomic E-state index is 3.48. The Balaban J connectivity index is 1.97. The lowest BCUT2D eigenvalue weighted by Gasteiger charge is -2.12. The van der Waals surface area contributed by atoms with Gasteiger partial charge in [0.15, 0.2) is 0 Å². The van der Waals surface area contributed by atoms with Crippen LogP contribution in [0.2, 0.25) is 0 Å². The second kappa shape index (κ2) is 6.39. The van der Waals surface area contributed by atoms with Crippen molar-refractivity contribution in [2.75, 3.05) is 19.4 Å². The number of anilines is 1. The van der Waals surface area contributed by atoms with Crippen LogP contribution < -0.4 is 5.32 Å². The van der Waals surface area contributed by atoms with Crippen LogP contribution in [0.15, 0.2) is 48.5 Å². The molecule has 19 heavy (non-hydrogen) atoms. The summed E-state index contributed by atoms with van der Waals surface area (Å²) in [5.41, 5.74) is 5.12. The first-order valence-corrected chi connectivity index (χ1v) is 6.66. The zero-order valence-corrected chi connectivity index (χ0v) is 12.0. The van der Waals surface area contributed by atoms with Crippen molar-refractivity contribution >= 4 is 5.69 Å². The topological polar surface area (TPSA) is 15.3 Å². The third-order valence-corrected chi connectivity index (χ3v) is 3.04. The Labute approximate surface area is 116 Å². The number of hydrogen-bond donors (Lipinski definition) is 1. The molecule has 0 spiro atoms. The zero-order valence-electron chi connectivity index (χ0n) is 12.0. The fourth-order valence-electron chi connectivity index (χ4n) is 2.05. The van der Waals surface area contributed by atoms with Crippen LogP contribution in [-0.4, -0.2) is 19.0 Å². The molecule has 2 aromatic carbocycles. The van der Waals surface area contributed by atoms with Crippen LogP contribution in [0.1, 0.15) is 16.7 Å². The van der Waals surface area contributed by atoms with Crippen LogP contribution in [0.5, 0.6) is 0 Å². The molecule has 2 heteroatoms. The lowest BCUT2D eigenvalue weighted by molar-refractivity contribution is 0.402. The van der Waals surface area contributed by atoms with Gasteiger partial charge in [-0.25, -0.2) is 0 Å². The second-order valence-corrected chi connectivity index (χ2v) is 5.28. The Kier molecular flexibility index (Phi) is 4.58. The smallest absolute Gasteiger partial charge is 0.0400 e. The zero-order chi connectivity index (χ0) is 13.7. The molecule has 100 valence electrons. The maximum atomic E-state index is 3.48. The third kappa shape index (κ3) is 4.42. The summed E-state index contributed by atoms with van der Waals surface area (Å²) in [5.74, 6) is 0. The minimum atomic E-state index is 0.867. The largest absolute Gasteiger partial charge is 0.381 e. The van der Waals surface area contributed by atoms with E-state index in [0.29, 0.717) is 0 Å². The fraction of sp³-hybridized carbons (Fsp3) is 0.294. The molecule has 1 N–H and O–H groups in total. The van der Waals surface area contributed by atoms with Crippen LogP contribution in [0, 0.1) is 6.92 Å². The van der Waals surface area contributed by atoms with Crippen molar-refractivity contribution in [3.05, 3.63) is 65.2 Å². The monoisotopic (exact) mass is 254 g/mol. The Morgan fingerprint density at radius 3 is 2.37 bits per heavy atom. The normalized spacial score (nSPS) is 10.7. The predicted molar refractivity (Wildman–Crippen MR) is 82.3 cm³/mol. The molecule has 0 unspecified atom stereocenters. The average Bonchev–Trinajstić information content (AvgIpc) is 2.38. The molecule has 0 atom stereocenters. The molecule has 0 aliphatic heterocycles. The summed E-state index contributed by atoms with van der Waals surface area (Å²) in [5, 5.41) is 3.48. The van der Waals surface area contributed by atoms with E-state index in [9.17, 15) is 0 Å². The number of aryl methyl sites for hydroxylation is 1. The van der Waals surface area contributed by atoms with Crippen molar-refractivity contribution in [3.8, 4) is 0 Å². The number of nitrogens with one attached hydrogen (secondary N) is 1. The minimum absolute atomic E-state index is 0.867. The van der Waals surface area contributed by atoms with Gasteiger partial charge in [-0.3, -0.25) is 0 Å². The number of hydrogen-bond acceptors (Lipinski definition) is 2. The van der Waals surface area contributed by atoms with Gasteiger partial charge in [-0.15, -0.1) is 0 Å². The van der Waals surface area contributed by atoms with Crippen molar-refractivity contribution in [1.82, 2.24) is 4.90 Å². The lowest BCUT2D eigenvalue weighted by atomic mass is 10.1. The highest BCUT2D eigenvalue weighted by Gasteiger charge is 1.98. The van der Waals surface area contributed by atoms with Gasteiger partial charge in [-0.2, -0.15) is 0 Å². The Morgan fingerprint density at radius 1 is 0.947 bits per heavy atom. The third-order valence-electron chi connectivity index (χ3n) is 3.04. The van der Waals surface area contributed by atoms with E-state index in [0.717, 1.165) is 13.1 Å². The molecule has 0 fully saturated rings. The highest BCUT2D eigenvalue weighted by Crippen LogP contribution is 2.13. The molecule has 0 saturated carbocycles. The molecule has 0 aliphatic rings. The predicted octanol–water partition coefficient (Wildman–Crippen LogP) is 3.67. The van der Waals surface area contributed by atoms with E-state index in [1.165, 1.54) is 22.4 Å². The summed E-state index contributed by atoms with van der Waals surface area (Å²) in [6.07, 6.45) is 0. The molecule has 0 heterocycles. The number of rotatable bonds is 5. The van der Waals surface area contributed by atoms with Gasteiger partial charge in [0.2, 0.25) is 0 Å². The van der Waals surface area contributed by atoms with E-state index in [2.05, 4.69) is 79.8 Å². The summed E-state index contributed by atoms with van der Waals surface area (Å²) in [6.45, 7) is 3.95. The number of nitrogens with zero attached hydrogens (tertiary/aromatic N) is 1. The van der Waals surface area contributed by atoms with Crippen LogP contribution in [0.4, 0.5) is 5.69 Å². The molecule has 2 nitrogen and oxygen atoms in total. The van der Waals surface area contributed by atoms with E-state index in [1.54, 1.807) is 0 Å². The van der Waals surface area contributed by atoms with Gasteiger partial charge < -0.3 is 10.2 Å². The van der Waals surface area contributed by atoms with Gasteiger partial charge in [0.1, 0.15) is 0 Å². The summed E-state index contributed by atoms with van der Waals surface area (Å²) >= 11 is 0. The quantitative estimate of drug-likeness (QED) is 0.876. The first-order valence-electron chi connectivity index (χ1n) is 6.66. The van der Waals surface area contributed by atoms with Crippen molar-refractivity contribution in [1.29, 1.82) is 0 Å². The second-order valence-electron chi connectivity index (χ2n) is 5.28. The molecule has 0 radical (unpaired) electrons. The minimum Gasteiger partial charge on any atom is -0.381 e. The van der Waals surface area contributed by atoms with Crippen molar-refractivity contribution in [2.45, 2.75) is 20.0 Å². The maximum Gasteiger partial charge on any atom is 0.0400 e. The molecule has 0 saturated heterocycles. The fourth-order valence-corrected chi connectivity index (χ4v) is 2.05. The molecule has 0 aliphatic carbocycles. The van der Waals surface area contributed by atoms with E-state index in [4.69, 9.17) is 0 Å². The summed E-state index contributed by atoms with van der Waals surface area (Å²) in [7, 11) is 4.18. The van der Waals surface area contributed by atoms with Crippen molar-refractivity contribution in [2.24, 2.45) is 0 Å². The summed E-state index contributed by atoms with van der Waals surface area (Å²) in [4.78, 5) is 2.18. The molecule has 0 amide bonds. The van der Waals surface area contributed by atoms with Gasteiger partial charge >= 0.3 is 0 Å². The summed E-state index contributed by atoms with van der Waals surface area (Å²) in [6, 6.07) is 17.3. The highest BCUT2D eigenvalue weighted by molar-refractivity contribution is 5.46. The van der Waals surface area contributed by atoms with Crippen LogP contribution in [0.3, 0.4) is 0 Å². The van der Waals surface area contributed by atoms with Crippen LogP contribution >= 0.6 is 0 Å². The van der Waals surface area contributed by atoms with Crippen LogP contribution in [-0.2, 0) is 13.1 Å². The Morgan fingerprint density at radius 2 is 1.68 bits per heavy atom. The average molecular weight is 254 g/mol. The number of benzene rings is 2. The Bertz CT molecular complexity index is 515. The van der Waals surface area contributed by atoms with E-state index in [1.807, 2.05) is 0 Å². The van der Waals surface area contributed by atoms with E-state index < -0.39 is 0 Å². The van der Waals surface area contributed by atoms with E-state index >= 15 is 0 Å². The Hall–Kier alpha value is -1.80. The van der Waals surface area contributed by atoms with Crippen LogP contribution in [0.25, 0.3) is 0 Å². The van der Waals surface area contributed by atoms with E-state index in [-0.39, 0.29) is 0 Å². The van der Waals surface area contributed by atoms with Gasteiger partial charge in [-0.05, 0) is 44.3 Å². The SMILES string of the molecule is Cc1ccc(CNc2cccc(CN(C)C)c2)cc1. The first kappa shape index (κ1) is 13.6. The van der Waals surface area contributed by atoms with Gasteiger partial charge in [0.25, 0.3) is 0 Å². The molecule has 0 aromatic heterocycles. The lowest BCUT2D eigenvalue weighted by Crippen LogP contribution is -2.10. The summed E-state index contributed by atoms with van der Waals surface area (Å²) < 4.78 is 0. The van der Waals surface area contributed by atoms with Crippen molar-refractivity contribution in [3.63, 3.8) is 0 Å². The standard InChI is InChI=1S/C17H22N2/c1-14-7-9-15(10-8-14)12-18-17-6-4-5-16(11-17)13-19(2)3/h4-11,18H,12-13H2,1-3H3. The molecular weight excluding hydrogens is 232 g/mol. The first-order chi connectivity index (χ1) is 9.13. The molecular formula is C17H22N2. The molecule has 0 bridgehead atoms. The van der Waals surface area contributed by atoms with Crippen molar-refractivity contribution < 1.29 is 0 Å². The van der Waals surface area contributed by atoms with Gasteiger partial charge in [0, 0.05) is 18.8 Å². The highest BCUT2D eigenvalue weighted by atomic mass is 15.0. The van der Waals surface area contributed by atoms with Gasteiger partial charge in [0.05, 0.1) is 0 Å².